The van der Waals surface area contributed by atoms with Gasteiger partial charge in [0.15, 0.2) is 5.78 Å². The molecule has 2 N–H and O–H groups in total. The SMILES string of the molecule is O=C1CC=C(c2cccc(N3CCc4cc(Br)ccc4S3(=O)=O)c2CO)C=C1Nc1ccc(C(=O)N2CCOCC2)cn1. The monoisotopic (exact) mass is 664 g/mol. The van der Waals surface area contributed by atoms with Gasteiger partial charge in [-0.25, -0.2) is 13.4 Å². The number of hydrogen-bond acceptors (Lipinski definition) is 8. The number of benzene rings is 2. The molecule has 1 aromatic heterocycles. The summed E-state index contributed by atoms with van der Waals surface area (Å²) in [5.74, 6) is 0.131. The molecule has 0 bridgehead atoms. The number of morpholine rings is 1. The van der Waals surface area contributed by atoms with Crippen molar-refractivity contribution in [3.63, 3.8) is 0 Å². The molecule has 3 heterocycles. The molecule has 6 rings (SSSR count). The maximum atomic E-state index is 13.6. The van der Waals surface area contributed by atoms with Crippen molar-refractivity contribution in [2.75, 3.05) is 42.5 Å². The normalized spacial score (nSPS) is 18.0. The Hall–Kier alpha value is -3.84. The highest BCUT2D eigenvalue weighted by Crippen LogP contribution is 2.37. The van der Waals surface area contributed by atoms with Gasteiger partial charge in [-0.1, -0.05) is 34.1 Å². The van der Waals surface area contributed by atoms with E-state index in [0.717, 1.165) is 10.0 Å². The van der Waals surface area contributed by atoms with Crippen molar-refractivity contribution in [2.45, 2.75) is 24.3 Å². The molecular weight excluding hydrogens is 636 g/mol. The third kappa shape index (κ3) is 5.75. The Labute approximate surface area is 257 Å². The molecule has 1 aliphatic carbocycles. The van der Waals surface area contributed by atoms with Gasteiger partial charge in [-0.15, -0.1) is 0 Å². The van der Waals surface area contributed by atoms with Gasteiger partial charge < -0.3 is 20.1 Å². The number of nitrogens with zero attached hydrogens (tertiary/aromatic N) is 3. The zero-order valence-corrected chi connectivity index (χ0v) is 25.5. The van der Waals surface area contributed by atoms with E-state index in [1.807, 2.05) is 6.07 Å². The standard InChI is InChI=1S/C31H29BrN4O6S/c32-23-6-8-29-21(16-23)10-11-36(43(29,40)41)27-3-1-2-24(25(27)19-37)20-4-7-28(38)26(17-20)34-30-9-5-22(18-33-30)31(39)35-12-14-42-15-13-35/h1-6,8-9,16-18,37H,7,10-15,19H2,(H,33,34). The van der Waals surface area contributed by atoms with Crippen molar-refractivity contribution in [3.8, 4) is 0 Å². The predicted molar refractivity (Wildman–Crippen MR) is 165 cm³/mol. The molecule has 1 fully saturated rings. The van der Waals surface area contributed by atoms with Crippen LogP contribution in [-0.4, -0.2) is 67.9 Å². The molecule has 0 spiro atoms. The van der Waals surface area contributed by atoms with Crippen molar-refractivity contribution in [1.82, 2.24) is 9.88 Å². The molecular formula is C31H29BrN4O6S. The second-order valence-corrected chi connectivity index (χ2v) is 13.1. The number of carbonyl (C=O) groups is 2. The van der Waals surface area contributed by atoms with Crippen LogP contribution in [0.2, 0.25) is 0 Å². The van der Waals surface area contributed by atoms with Gasteiger partial charge in [0.25, 0.3) is 15.9 Å². The van der Waals surface area contributed by atoms with Gasteiger partial charge in [0.05, 0.1) is 41.7 Å². The van der Waals surface area contributed by atoms with Crippen molar-refractivity contribution in [2.24, 2.45) is 0 Å². The van der Waals surface area contributed by atoms with Gasteiger partial charge in [0.2, 0.25) is 0 Å². The Balaban J connectivity index is 1.26. The highest BCUT2D eigenvalue weighted by molar-refractivity contribution is 9.10. The van der Waals surface area contributed by atoms with Crippen LogP contribution in [0.4, 0.5) is 11.5 Å². The number of amides is 1. The van der Waals surface area contributed by atoms with Crippen molar-refractivity contribution in [3.05, 3.63) is 99.3 Å². The molecule has 0 saturated carbocycles. The zero-order chi connectivity index (χ0) is 30.1. The predicted octanol–water partition coefficient (Wildman–Crippen LogP) is 3.91. The molecule has 3 aliphatic rings. The summed E-state index contributed by atoms with van der Waals surface area (Å²) in [6.07, 6.45) is 5.56. The lowest BCUT2D eigenvalue weighted by molar-refractivity contribution is -0.114. The van der Waals surface area contributed by atoms with Crippen LogP contribution in [0, 0.1) is 0 Å². The van der Waals surface area contributed by atoms with Crippen LogP contribution in [0.25, 0.3) is 5.57 Å². The Morgan fingerprint density at radius 2 is 1.91 bits per heavy atom. The molecule has 10 nitrogen and oxygen atoms in total. The van der Waals surface area contributed by atoms with E-state index in [-0.39, 0.29) is 29.6 Å². The molecule has 3 aromatic rings. The second-order valence-electron chi connectivity index (χ2n) is 10.3. The van der Waals surface area contributed by atoms with Gasteiger partial charge in [-0.2, -0.15) is 0 Å². The van der Waals surface area contributed by atoms with Gasteiger partial charge in [0.1, 0.15) is 5.82 Å². The van der Waals surface area contributed by atoms with E-state index < -0.39 is 16.6 Å². The van der Waals surface area contributed by atoms with Gasteiger partial charge in [0, 0.05) is 42.3 Å². The number of Topliss-reactive ketones (excluding diaryl/α,β-unsaturated/α-hetero) is 1. The lowest BCUT2D eigenvalue weighted by atomic mass is 9.92. The highest BCUT2D eigenvalue weighted by atomic mass is 79.9. The number of aliphatic hydroxyl groups excluding tert-OH is 1. The number of ether oxygens (including phenoxy) is 1. The first kappa shape index (κ1) is 29.2. The minimum absolute atomic E-state index is 0.112. The summed E-state index contributed by atoms with van der Waals surface area (Å²) < 4.78 is 34.7. The number of fused-ring (bicyclic) bond motifs is 1. The Morgan fingerprint density at radius 3 is 2.65 bits per heavy atom. The van der Waals surface area contributed by atoms with Crippen LogP contribution >= 0.6 is 15.9 Å². The van der Waals surface area contributed by atoms with Gasteiger partial charge >= 0.3 is 0 Å². The fourth-order valence-corrected chi connectivity index (χ4v) is 7.67. The summed E-state index contributed by atoms with van der Waals surface area (Å²) in [6, 6.07) is 13.7. The van der Waals surface area contributed by atoms with E-state index in [4.69, 9.17) is 4.74 Å². The molecule has 0 unspecified atom stereocenters. The lowest BCUT2D eigenvalue weighted by Gasteiger charge is -2.32. The number of sulfonamides is 1. The van der Waals surface area contributed by atoms with Crippen LogP contribution in [0.1, 0.15) is 33.5 Å². The smallest absolute Gasteiger partial charge is 0.264 e. The topological polar surface area (TPSA) is 129 Å². The maximum absolute atomic E-state index is 13.6. The summed E-state index contributed by atoms with van der Waals surface area (Å²) in [5.41, 5.74) is 3.64. The van der Waals surface area contributed by atoms with Crippen LogP contribution in [0.15, 0.2) is 81.9 Å². The van der Waals surface area contributed by atoms with E-state index in [0.29, 0.717) is 72.2 Å². The molecule has 2 aliphatic heterocycles. The fourth-order valence-electron chi connectivity index (χ4n) is 5.53. The second kappa shape index (κ2) is 12.0. The number of pyridine rings is 1. The number of hydrogen-bond donors (Lipinski definition) is 2. The minimum atomic E-state index is -3.85. The Bertz CT molecular complexity index is 1770. The molecule has 2 aromatic carbocycles. The summed E-state index contributed by atoms with van der Waals surface area (Å²) in [5, 5.41) is 13.5. The first-order chi connectivity index (χ1) is 20.8. The number of halogens is 1. The molecule has 1 saturated heterocycles. The zero-order valence-electron chi connectivity index (χ0n) is 23.1. The number of aliphatic hydroxyl groups is 1. The molecule has 12 heteroatoms. The van der Waals surface area contributed by atoms with Crippen molar-refractivity contribution >= 4 is 54.7 Å². The molecule has 0 atom stereocenters. The molecule has 1 amide bonds. The van der Waals surface area contributed by atoms with Crippen molar-refractivity contribution < 1.29 is 27.9 Å². The number of ketones is 1. The molecule has 0 radical (unpaired) electrons. The first-order valence-corrected chi connectivity index (χ1v) is 16.1. The highest BCUT2D eigenvalue weighted by Gasteiger charge is 2.33. The quantitative estimate of drug-likeness (QED) is 0.406. The van der Waals surface area contributed by atoms with E-state index in [1.54, 1.807) is 59.5 Å². The number of allylic oxidation sites excluding steroid dienone is 4. The summed E-state index contributed by atoms with van der Waals surface area (Å²) in [4.78, 5) is 31.9. The van der Waals surface area contributed by atoms with E-state index in [9.17, 15) is 23.1 Å². The summed E-state index contributed by atoms with van der Waals surface area (Å²) in [7, 11) is -3.85. The third-order valence-corrected chi connectivity index (χ3v) is 10.1. The third-order valence-electron chi connectivity index (χ3n) is 7.74. The maximum Gasteiger partial charge on any atom is 0.264 e. The number of rotatable bonds is 6. The molecule has 222 valence electrons. The minimum Gasteiger partial charge on any atom is -0.392 e. The van der Waals surface area contributed by atoms with Crippen LogP contribution < -0.4 is 9.62 Å². The van der Waals surface area contributed by atoms with Gasteiger partial charge in [-0.3, -0.25) is 13.9 Å². The molecule has 43 heavy (non-hydrogen) atoms. The van der Waals surface area contributed by atoms with Crippen LogP contribution in [-0.2, 0) is 32.6 Å². The lowest BCUT2D eigenvalue weighted by Crippen LogP contribution is -2.40. The average Bonchev–Trinajstić information content (AvgIpc) is 3.02. The number of carbonyl (C=O) groups excluding carboxylic acids is 2. The number of anilines is 2. The van der Waals surface area contributed by atoms with E-state index in [1.165, 1.54) is 10.5 Å². The average molecular weight is 666 g/mol. The van der Waals surface area contributed by atoms with Crippen molar-refractivity contribution in [1.29, 1.82) is 0 Å². The largest absolute Gasteiger partial charge is 0.392 e. The fraction of sp³-hybridized carbons (Fsp3) is 0.258. The summed E-state index contributed by atoms with van der Waals surface area (Å²) >= 11 is 3.41. The summed E-state index contributed by atoms with van der Waals surface area (Å²) in [6.45, 7) is 1.91. The van der Waals surface area contributed by atoms with E-state index >= 15 is 0 Å². The Kier molecular flexibility index (Phi) is 8.19. The van der Waals surface area contributed by atoms with Crippen LogP contribution in [0.5, 0.6) is 0 Å². The number of nitrogens with one attached hydrogen (secondary N) is 1. The van der Waals surface area contributed by atoms with E-state index in [2.05, 4.69) is 26.2 Å². The van der Waals surface area contributed by atoms with Gasteiger partial charge in [-0.05, 0) is 65.6 Å². The number of aromatic nitrogens is 1. The Morgan fingerprint density at radius 1 is 1.09 bits per heavy atom. The first-order valence-electron chi connectivity index (χ1n) is 13.9. The van der Waals surface area contributed by atoms with Crippen LogP contribution in [0.3, 0.4) is 0 Å².